The van der Waals surface area contributed by atoms with Gasteiger partial charge in [0, 0.05) is 31.8 Å². The number of aryl methyl sites for hydroxylation is 1. The van der Waals surface area contributed by atoms with Crippen molar-refractivity contribution >= 4 is 30.7 Å². The molecule has 1 aliphatic rings. The first-order chi connectivity index (χ1) is 9.93. The molecule has 0 saturated heterocycles. The largest absolute Gasteiger partial charge is 0.380 e. The quantitative estimate of drug-likeness (QED) is 0.848. The van der Waals surface area contributed by atoms with Crippen LogP contribution in [-0.4, -0.2) is 34.7 Å². The number of hydrogen-bond donors (Lipinski definition) is 2. The lowest BCUT2D eigenvalue weighted by molar-refractivity contribution is -0.128. The predicted octanol–water partition coefficient (Wildman–Crippen LogP) is 1.64. The van der Waals surface area contributed by atoms with Crippen LogP contribution in [0.15, 0.2) is 0 Å². The van der Waals surface area contributed by atoms with Crippen molar-refractivity contribution in [3.8, 4) is 0 Å². The average molecular weight is 367 g/mol. The molecule has 23 heavy (non-hydrogen) atoms. The first-order valence-electron chi connectivity index (χ1n) is 7.49. The van der Waals surface area contributed by atoms with Gasteiger partial charge in [0.25, 0.3) is 0 Å². The average Bonchev–Trinajstić information content (AvgIpc) is 2.72. The summed E-state index contributed by atoms with van der Waals surface area (Å²) in [5.41, 5.74) is 8.12. The minimum Gasteiger partial charge on any atom is -0.380 e. The van der Waals surface area contributed by atoms with Gasteiger partial charge in [-0.15, -0.1) is 24.8 Å². The van der Waals surface area contributed by atoms with E-state index in [9.17, 15) is 4.79 Å². The van der Waals surface area contributed by atoms with Crippen LogP contribution in [0.4, 0.5) is 0 Å². The smallest absolute Gasteiger partial charge is 0.223 e. The molecule has 1 amide bonds. The molecule has 134 valence electrons. The minimum atomic E-state index is -0.0212. The molecule has 0 radical (unpaired) electrons. The zero-order valence-corrected chi connectivity index (χ0v) is 15.8. The van der Waals surface area contributed by atoms with Crippen molar-refractivity contribution in [1.29, 1.82) is 0 Å². The number of halogens is 2. The van der Waals surface area contributed by atoms with Crippen LogP contribution in [-0.2, 0) is 23.1 Å². The summed E-state index contributed by atoms with van der Waals surface area (Å²) in [6.45, 7) is 4.47. The lowest BCUT2D eigenvalue weighted by Crippen LogP contribution is -2.45. The summed E-state index contributed by atoms with van der Waals surface area (Å²) in [6, 6.07) is 0.0406. The van der Waals surface area contributed by atoms with Crippen LogP contribution >= 0.6 is 24.8 Å². The van der Waals surface area contributed by atoms with Gasteiger partial charge < -0.3 is 20.4 Å². The van der Waals surface area contributed by atoms with Crippen LogP contribution in [0.2, 0.25) is 0 Å². The molecule has 6 nitrogen and oxygen atoms in total. The van der Waals surface area contributed by atoms with Gasteiger partial charge in [-0.1, -0.05) is 0 Å². The van der Waals surface area contributed by atoms with E-state index >= 15 is 0 Å². The van der Waals surface area contributed by atoms with Gasteiger partial charge in [0.15, 0.2) is 0 Å². The topological polar surface area (TPSA) is 82.2 Å². The molecule has 0 aromatic carbocycles. The van der Waals surface area contributed by atoms with Crippen molar-refractivity contribution in [2.75, 3.05) is 7.11 Å². The molecule has 3 N–H and O–H groups in total. The summed E-state index contributed by atoms with van der Waals surface area (Å²) in [5.74, 6) is 0.939. The van der Waals surface area contributed by atoms with Gasteiger partial charge >= 0.3 is 0 Å². The number of methoxy groups -OCH3 is 1. The number of nitrogens with one attached hydrogen (secondary N) is 1. The van der Waals surface area contributed by atoms with E-state index < -0.39 is 0 Å². The minimum absolute atomic E-state index is 0. The molecule has 3 atom stereocenters. The van der Waals surface area contributed by atoms with Crippen molar-refractivity contribution in [2.24, 2.45) is 18.7 Å². The molecule has 1 aliphatic carbocycles. The maximum absolute atomic E-state index is 12.3. The Labute approximate surface area is 150 Å². The van der Waals surface area contributed by atoms with E-state index in [1.54, 1.807) is 7.11 Å². The zero-order valence-electron chi connectivity index (χ0n) is 14.2. The third-order valence-corrected chi connectivity index (χ3v) is 4.65. The van der Waals surface area contributed by atoms with Crippen LogP contribution in [0.3, 0.4) is 0 Å². The van der Waals surface area contributed by atoms with Gasteiger partial charge in [0.05, 0.1) is 18.3 Å². The Morgan fingerprint density at radius 1 is 1.39 bits per heavy atom. The second-order valence-electron chi connectivity index (χ2n) is 5.92. The Kier molecular flexibility index (Phi) is 9.13. The Bertz CT molecular complexity index is 522. The van der Waals surface area contributed by atoms with Gasteiger partial charge in [-0.2, -0.15) is 0 Å². The number of amides is 1. The first-order valence-corrected chi connectivity index (χ1v) is 7.49. The Morgan fingerprint density at radius 2 is 2.04 bits per heavy atom. The van der Waals surface area contributed by atoms with Gasteiger partial charge in [0.1, 0.15) is 5.82 Å². The van der Waals surface area contributed by atoms with Crippen molar-refractivity contribution in [2.45, 2.75) is 51.8 Å². The molecule has 2 rings (SSSR count). The van der Waals surface area contributed by atoms with E-state index in [0.29, 0.717) is 13.0 Å². The Balaban J connectivity index is 0.00000242. The number of rotatable bonds is 4. The lowest BCUT2D eigenvalue weighted by atomic mass is 9.83. The molecule has 8 heteroatoms. The van der Waals surface area contributed by atoms with Gasteiger partial charge in [-0.25, -0.2) is 4.98 Å². The second-order valence-corrected chi connectivity index (χ2v) is 5.92. The van der Waals surface area contributed by atoms with Crippen LogP contribution < -0.4 is 11.1 Å². The zero-order chi connectivity index (χ0) is 15.6. The fraction of sp³-hybridized carbons (Fsp3) is 0.733. The summed E-state index contributed by atoms with van der Waals surface area (Å²) < 4.78 is 7.38. The molecule has 0 unspecified atom stereocenters. The molecular formula is C15H28Cl2N4O2. The van der Waals surface area contributed by atoms with Crippen LogP contribution in [0.5, 0.6) is 0 Å². The van der Waals surface area contributed by atoms with Crippen molar-refractivity contribution in [3.05, 3.63) is 17.2 Å². The van der Waals surface area contributed by atoms with Gasteiger partial charge in [0.2, 0.25) is 5.91 Å². The number of carbonyl (C=O) groups excluding carboxylic acids is 1. The maximum Gasteiger partial charge on any atom is 0.223 e. The summed E-state index contributed by atoms with van der Waals surface area (Å²) in [7, 11) is 3.63. The normalized spacial score (nSPS) is 23.6. The second kappa shape index (κ2) is 9.47. The standard InChI is InChI=1S/C15H26N4O2.2ClH/c1-9-10(2)19(3)14(18-9)8-17-15(20)11-5-6-12(16)13(7-11)21-4;;/h11-13H,5-8,16H2,1-4H3,(H,17,20);2*1H/t11-,12-,13-;;/m0../s1. The summed E-state index contributed by atoms with van der Waals surface area (Å²) >= 11 is 0. The van der Waals surface area contributed by atoms with Crippen molar-refractivity contribution in [1.82, 2.24) is 14.9 Å². The van der Waals surface area contributed by atoms with Crippen LogP contribution in [0.25, 0.3) is 0 Å². The SMILES string of the molecule is CO[C@H]1C[C@@H](C(=O)NCc2nc(C)c(C)n2C)CC[C@@H]1N.Cl.Cl. The van der Waals surface area contributed by atoms with Crippen molar-refractivity contribution in [3.63, 3.8) is 0 Å². The summed E-state index contributed by atoms with van der Waals surface area (Å²) in [5, 5.41) is 2.99. The third-order valence-electron chi connectivity index (χ3n) is 4.65. The van der Waals surface area contributed by atoms with E-state index in [-0.39, 0.29) is 48.8 Å². The van der Waals surface area contributed by atoms with Crippen LogP contribution in [0.1, 0.15) is 36.5 Å². The van der Waals surface area contributed by atoms with Crippen LogP contribution in [0, 0.1) is 19.8 Å². The molecule has 0 spiro atoms. The fourth-order valence-corrected chi connectivity index (χ4v) is 2.92. The van der Waals surface area contributed by atoms with Gasteiger partial charge in [-0.3, -0.25) is 4.79 Å². The predicted molar refractivity (Wildman–Crippen MR) is 95.1 cm³/mol. The highest BCUT2D eigenvalue weighted by molar-refractivity contribution is 5.85. The Hall–Kier alpha value is -0.820. The number of nitrogens with zero attached hydrogens (tertiary/aromatic N) is 2. The molecule has 1 heterocycles. The number of nitrogens with two attached hydrogens (primary N) is 1. The summed E-state index contributed by atoms with van der Waals surface area (Å²) in [6.07, 6.45) is 2.33. The highest BCUT2D eigenvalue weighted by Crippen LogP contribution is 2.25. The molecule has 1 aromatic rings. The van der Waals surface area contributed by atoms with E-state index in [1.165, 1.54) is 0 Å². The van der Waals surface area contributed by atoms with E-state index in [1.807, 2.05) is 25.5 Å². The fourth-order valence-electron chi connectivity index (χ4n) is 2.92. The summed E-state index contributed by atoms with van der Waals surface area (Å²) in [4.78, 5) is 16.8. The number of carbonyl (C=O) groups is 1. The molecule has 1 saturated carbocycles. The molecular weight excluding hydrogens is 339 g/mol. The van der Waals surface area contributed by atoms with E-state index in [2.05, 4.69) is 10.3 Å². The number of aromatic nitrogens is 2. The third kappa shape index (κ3) is 5.08. The molecule has 0 bridgehead atoms. The Morgan fingerprint density at radius 3 is 2.57 bits per heavy atom. The number of hydrogen-bond acceptors (Lipinski definition) is 4. The van der Waals surface area contributed by atoms with Crippen molar-refractivity contribution < 1.29 is 9.53 Å². The first kappa shape index (κ1) is 22.2. The highest BCUT2D eigenvalue weighted by Gasteiger charge is 2.32. The maximum atomic E-state index is 12.3. The van der Waals surface area contributed by atoms with Gasteiger partial charge in [-0.05, 0) is 33.1 Å². The molecule has 0 aliphatic heterocycles. The van der Waals surface area contributed by atoms with E-state index in [0.717, 1.165) is 30.1 Å². The highest BCUT2D eigenvalue weighted by atomic mass is 35.5. The molecule has 1 aromatic heterocycles. The van der Waals surface area contributed by atoms with E-state index in [4.69, 9.17) is 10.5 Å². The lowest BCUT2D eigenvalue weighted by Gasteiger charge is -2.32. The monoisotopic (exact) mass is 366 g/mol. The molecule has 1 fully saturated rings. The number of ether oxygens (including phenoxy) is 1. The number of imidazole rings is 1.